The molecule has 0 atom stereocenters. The molecular weight excluding hydrogens is 369 g/mol. The van der Waals surface area contributed by atoms with E-state index in [2.05, 4.69) is 30.4 Å². The summed E-state index contributed by atoms with van der Waals surface area (Å²) in [5.74, 6) is -1.80. The standard InChI is InChI=1S/C11H9BrF5NO3/c1-20-7(19)2-5-4-18-10(21-11(15,16)17)6(3-12)8(5)9(13)14/h4,9H,2-3H2,1H3. The molecule has 118 valence electrons. The number of rotatable bonds is 5. The lowest BCUT2D eigenvalue weighted by Crippen LogP contribution is -2.20. The van der Waals surface area contributed by atoms with E-state index in [0.717, 1.165) is 13.3 Å². The third-order valence-corrected chi connectivity index (χ3v) is 2.95. The van der Waals surface area contributed by atoms with Crippen LogP contribution in [0.15, 0.2) is 6.20 Å². The number of hydrogen-bond donors (Lipinski definition) is 0. The molecule has 4 nitrogen and oxygen atoms in total. The van der Waals surface area contributed by atoms with Gasteiger partial charge in [-0.3, -0.25) is 4.79 Å². The van der Waals surface area contributed by atoms with Gasteiger partial charge in [-0.25, -0.2) is 13.8 Å². The third-order valence-electron chi connectivity index (χ3n) is 2.39. The number of halogens is 6. The Morgan fingerprint density at radius 3 is 2.48 bits per heavy atom. The van der Waals surface area contributed by atoms with Gasteiger partial charge in [-0.1, -0.05) is 15.9 Å². The fraction of sp³-hybridized carbons (Fsp3) is 0.455. The highest BCUT2D eigenvalue weighted by Gasteiger charge is 2.34. The lowest BCUT2D eigenvalue weighted by atomic mass is 10.0. The van der Waals surface area contributed by atoms with Gasteiger partial charge in [0, 0.05) is 22.7 Å². The zero-order valence-corrected chi connectivity index (χ0v) is 12.1. The summed E-state index contributed by atoms with van der Waals surface area (Å²) in [4.78, 5) is 14.5. The Morgan fingerprint density at radius 2 is 2.05 bits per heavy atom. The van der Waals surface area contributed by atoms with E-state index in [1.807, 2.05) is 0 Å². The molecular formula is C11H9BrF5NO3. The number of carbonyl (C=O) groups excluding carboxylic acids is 1. The summed E-state index contributed by atoms with van der Waals surface area (Å²) in [6.45, 7) is 0. The Kier molecular flexibility index (Phi) is 5.87. The Labute approximate surface area is 124 Å². The number of alkyl halides is 6. The zero-order valence-electron chi connectivity index (χ0n) is 10.5. The number of hydrogen-bond acceptors (Lipinski definition) is 4. The molecule has 0 fully saturated rings. The number of esters is 1. The number of methoxy groups -OCH3 is 1. The van der Waals surface area contributed by atoms with Gasteiger partial charge in [-0.05, 0) is 5.56 Å². The van der Waals surface area contributed by atoms with Crippen molar-refractivity contribution in [2.75, 3.05) is 7.11 Å². The smallest absolute Gasteiger partial charge is 0.469 e. The van der Waals surface area contributed by atoms with Gasteiger partial charge in [-0.2, -0.15) is 0 Å². The summed E-state index contributed by atoms with van der Waals surface area (Å²) >= 11 is 2.82. The SMILES string of the molecule is COC(=O)Cc1cnc(OC(F)(F)F)c(CBr)c1C(F)F. The van der Waals surface area contributed by atoms with Gasteiger partial charge in [0.25, 0.3) is 6.43 Å². The van der Waals surface area contributed by atoms with E-state index in [0.29, 0.717) is 0 Å². The highest BCUT2D eigenvalue weighted by Crippen LogP contribution is 2.35. The first-order chi connectivity index (χ1) is 9.69. The van der Waals surface area contributed by atoms with Crippen LogP contribution >= 0.6 is 15.9 Å². The molecule has 0 bridgehead atoms. The van der Waals surface area contributed by atoms with Crippen LogP contribution in [0.5, 0.6) is 5.88 Å². The monoisotopic (exact) mass is 377 g/mol. The van der Waals surface area contributed by atoms with E-state index in [4.69, 9.17) is 0 Å². The van der Waals surface area contributed by atoms with Crippen molar-refractivity contribution in [1.82, 2.24) is 4.98 Å². The van der Waals surface area contributed by atoms with Crippen molar-refractivity contribution in [2.24, 2.45) is 0 Å². The van der Waals surface area contributed by atoms with Gasteiger partial charge in [0.15, 0.2) is 0 Å². The van der Waals surface area contributed by atoms with E-state index in [1.165, 1.54) is 0 Å². The van der Waals surface area contributed by atoms with Crippen LogP contribution in [0.3, 0.4) is 0 Å². The third kappa shape index (κ3) is 4.80. The predicted molar refractivity (Wildman–Crippen MR) is 64.2 cm³/mol. The second-order valence-corrected chi connectivity index (χ2v) is 4.28. The Morgan fingerprint density at radius 1 is 1.43 bits per heavy atom. The second-order valence-electron chi connectivity index (χ2n) is 3.72. The van der Waals surface area contributed by atoms with Crippen LogP contribution in [0.1, 0.15) is 23.1 Å². The Hall–Kier alpha value is -1.45. The van der Waals surface area contributed by atoms with E-state index in [1.54, 1.807) is 0 Å². The maximum atomic E-state index is 13.1. The molecule has 0 spiro atoms. The Balaban J connectivity index is 3.34. The van der Waals surface area contributed by atoms with E-state index in [9.17, 15) is 26.7 Å². The summed E-state index contributed by atoms with van der Waals surface area (Å²) in [5.41, 5.74) is -1.42. The molecule has 0 aromatic carbocycles. The van der Waals surface area contributed by atoms with Crippen molar-refractivity contribution in [1.29, 1.82) is 0 Å². The van der Waals surface area contributed by atoms with E-state index >= 15 is 0 Å². The maximum absolute atomic E-state index is 13.1. The normalized spacial score (nSPS) is 11.6. The molecule has 1 aromatic heterocycles. The van der Waals surface area contributed by atoms with Crippen molar-refractivity contribution in [3.05, 3.63) is 22.9 Å². The first kappa shape index (κ1) is 17.6. The molecule has 21 heavy (non-hydrogen) atoms. The summed E-state index contributed by atoms with van der Waals surface area (Å²) in [6, 6.07) is 0. The van der Waals surface area contributed by atoms with Crippen molar-refractivity contribution >= 4 is 21.9 Å². The van der Waals surface area contributed by atoms with Crippen molar-refractivity contribution in [3.63, 3.8) is 0 Å². The minimum atomic E-state index is -5.06. The lowest BCUT2D eigenvalue weighted by molar-refractivity contribution is -0.276. The van der Waals surface area contributed by atoms with E-state index in [-0.39, 0.29) is 10.9 Å². The second kappa shape index (κ2) is 7.01. The zero-order chi connectivity index (χ0) is 16.2. The molecule has 1 aromatic rings. The lowest BCUT2D eigenvalue weighted by Gasteiger charge is -2.16. The molecule has 0 saturated heterocycles. The van der Waals surface area contributed by atoms with Gasteiger partial charge in [0.1, 0.15) is 0 Å². The maximum Gasteiger partial charge on any atom is 0.574 e. The molecule has 0 N–H and O–H groups in total. The molecule has 0 unspecified atom stereocenters. The quantitative estimate of drug-likeness (QED) is 0.447. The van der Waals surface area contributed by atoms with Gasteiger partial charge < -0.3 is 9.47 Å². The molecule has 0 amide bonds. The Bertz CT molecular complexity index is 521. The molecule has 0 aliphatic rings. The molecule has 10 heteroatoms. The van der Waals surface area contributed by atoms with Gasteiger partial charge in [0.2, 0.25) is 5.88 Å². The molecule has 0 radical (unpaired) electrons. The summed E-state index contributed by atoms with van der Waals surface area (Å²) in [5, 5.41) is -0.347. The average Bonchev–Trinajstić information content (AvgIpc) is 2.37. The van der Waals surface area contributed by atoms with Crippen LogP contribution in [-0.2, 0) is 21.3 Å². The van der Waals surface area contributed by atoms with Crippen LogP contribution in [-0.4, -0.2) is 24.4 Å². The van der Waals surface area contributed by atoms with Crippen LogP contribution in [0.2, 0.25) is 0 Å². The fourth-order valence-electron chi connectivity index (χ4n) is 1.56. The fourth-order valence-corrected chi connectivity index (χ4v) is 2.10. The van der Waals surface area contributed by atoms with Crippen molar-refractivity contribution in [3.8, 4) is 5.88 Å². The topological polar surface area (TPSA) is 48.4 Å². The number of aromatic nitrogens is 1. The number of carbonyl (C=O) groups is 1. The minimum absolute atomic E-state index is 0.221. The average molecular weight is 378 g/mol. The highest BCUT2D eigenvalue weighted by molar-refractivity contribution is 9.08. The van der Waals surface area contributed by atoms with Gasteiger partial charge >= 0.3 is 12.3 Å². The summed E-state index contributed by atoms with van der Waals surface area (Å²) in [7, 11) is 1.06. The number of pyridine rings is 1. The van der Waals surface area contributed by atoms with Crippen molar-refractivity contribution in [2.45, 2.75) is 24.5 Å². The molecule has 1 rings (SSSR count). The minimum Gasteiger partial charge on any atom is -0.469 e. The predicted octanol–water partition coefficient (Wildman–Crippen LogP) is 3.53. The van der Waals surface area contributed by atoms with E-state index < -0.39 is 42.2 Å². The van der Waals surface area contributed by atoms with Crippen LogP contribution in [0, 0.1) is 0 Å². The van der Waals surface area contributed by atoms with Crippen LogP contribution in [0.25, 0.3) is 0 Å². The first-order valence-corrected chi connectivity index (χ1v) is 6.49. The first-order valence-electron chi connectivity index (χ1n) is 5.37. The highest BCUT2D eigenvalue weighted by atomic mass is 79.9. The number of ether oxygens (including phenoxy) is 2. The van der Waals surface area contributed by atoms with Crippen molar-refractivity contribution < 1.29 is 36.2 Å². The van der Waals surface area contributed by atoms with Gasteiger partial charge in [0.05, 0.1) is 13.5 Å². The summed E-state index contributed by atoms with van der Waals surface area (Å²) < 4.78 is 70.8. The molecule has 0 saturated carbocycles. The van der Waals surface area contributed by atoms with Crippen LogP contribution < -0.4 is 4.74 Å². The molecule has 0 aliphatic carbocycles. The van der Waals surface area contributed by atoms with Gasteiger partial charge in [-0.15, -0.1) is 13.2 Å². The number of nitrogens with zero attached hydrogens (tertiary/aromatic N) is 1. The molecule has 0 aliphatic heterocycles. The molecule has 1 heterocycles. The summed E-state index contributed by atoms with van der Waals surface area (Å²) in [6.07, 6.45) is -7.95. The van der Waals surface area contributed by atoms with Crippen LogP contribution in [0.4, 0.5) is 22.0 Å². The largest absolute Gasteiger partial charge is 0.574 e.